The molecule has 3 rings (SSSR count). The second-order valence-electron chi connectivity index (χ2n) is 4.47. The molecular formula is C14H14O2. The van der Waals surface area contributed by atoms with Gasteiger partial charge in [-0.05, 0) is 18.4 Å². The Hall–Kier alpha value is -1.41. The predicted molar refractivity (Wildman–Crippen MR) is 61.9 cm³/mol. The quantitative estimate of drug-likeness (QED) is 0.720. The lowest BCUT2D eigenvalue weighted by Crippen LogP contribution is -2.10. The number of rotatable bonds is 4. The first-order valence-corrected chi connectivity index (χ1v) is 5.77. The standard InChI is InChI=1S/C14H14O2/c15-13(11-7-8-11)14-12(16-14)9-6-10-4-2-1-3-5-10/h1-6,9,11-12,14H,7-8H2/b9-6+/t12-,14+/m0/s1. The van der Waals surface area contributed by atoms with Crippen molar-refractivity contribution in [3.05, 3.63) is 42.0 Å². The van der Waals surface area contributed by atoms with Crippen molar-refractivity contribution in [2.45, 2.75) is 25.0 Å². The van der Waals surface area contributed by atoms with Gasteiger partial charge in [-0.3, -0.25) is 4.79 Å². The summed E-state index contributed by atoms with van der Waals surface area (Å²) >= 11 is 0. The maximum atomic E-state index is 11.6. The van der Waals surface area contributed by atoms with Crippen molar-refractivity contribution in [2.75, 3.05) is 0 Å². The van der Waals surface area contributed by atoms with Crippen LogP contribution in [0.2, 0.25) is 0 Å². The fourth-order valence-electron chi connectivity index (χ4n) is 1.87. The van der Waals surface area contributed by atoms with Crippen LogP contribution in [-0.4, -0.2) is 18.0 Å². The zero-order valence-electron chi connectivity index (χ0n) is 9.00. The van der Waals surface area contributed by atoms with Gasteiger partial charge in [0.05, 0.1) is 0 Å². The molecule has 0 unspecified atom stereocenters. The Morgan fingerprint density at radius 2 is 2.00 bits per heavy atom. The Morgan fingerprint density at radius 3 is 2.69 bits per heavy atom. The second-order valence-corrected chi connectivity index (χ2v) is 4.47. The van der Waals surface area contributed by atoms with Crippen molar-refractivity contribution in [1.82, 2.24) is 0 Å². The van der Waals surface area contributed by atoms with Gasteiger partial charge in [-0.25, -0.2) is 0 Å². The summed E-state index contributed by atoms with van der Waals surface area (Å²) in [6.07, 6.45) is 6.01. The summed E-state index contributed by atoms with van der Waals surface area (Å²) in [5.41, 5.74) is 1.15. The molecule has 2 nitrogen and oxygen atoms in total. The Balaban J connectivity index is 1.57. The highest BCUT2D eigenvalue weighted by Crippen LogP contribution is 2.37. The van der Waals surface area contributed by atoms with E-state index in [1.54, 1.807) is 0 Å². The fraction of sp³-hybridized carbons (Fsp3) is 0.357. The van der Waals surface area contributed by atoms with E-state index < -0.39 is 0 Å². The Morgan fingerprint density at radius 1 is 1.25 bits per heavy atom. The molecule has 1 aromatic carbocycles. The molecule has 0 bridgehead atoms. The van der Waals surface area contributed by atoms with Crippen LogP contribution in [0.15, 0.2) is 36.4 Å². The molecule has 82 valence electrons. The topological polar surface area (TPSA) is 29.6 Å². The third kappa shape index (κ3) is 2.07. The molecule has 0 spiro atoms. The molecule has 2 atom stereocenters. The van der Waals surface area contributed by atoms with Gasteiger partial charge in [-0.1, -0.05) is 42.5 Å². The van der Waals surface area contributed by atoms with Crippen LogP contribution >= 0.6 is 0 Å². The van der Waals surface area contributed by atoms with E-state index in [4.69, 9.17) is 4.74 Å². The maximum Gasteiger partial charge on any atom is 0.167 e. The van der Waals surface area contributed by atoms with E-state index in [9.17, 15) is 4.79 Å². The first kappa shape index (κ1) is 9.79. The Kier molecular flexibility index (Phi) is 2.37. The van der Waals surface area contributed by atoms with Crippen LogP contribution in [-0.2, 0) is 9.53 Å². The van der Waals surface area contributed by atoms with Gasteiger partial charge in [0.2, 0.25) is 0 Å². The summed E-state index contributed by atoms with van der Waals surface area (Å²) in [5.74, 6) is 0.614. The molecule has 1 saturated heterocycles. The monoisotopic (exact) mass is 214 g/mol. The third-order valence-electron chi connectivity index (χ3n) is 3.06. The molecule has 1 aromatic rings. The van der Waals surface area contributed by atoms with Crippen LogP contribution in [0.25, 0.3) is 6.08 Å². The normalized spacial score (nSPS) is 28.2. The average Bonchev–Trinajstić information content (AvgIpc) is 3.19. The van der Waals surface area contributed by atoms with E-state index in [2.05, 4.69) is 0 Å². The number of benzene rings is 1. The number of ether oxygens (including phenoxy) is 1. The van der Waals surface area contributed by atoms with Gasteiger partial charge < -0.3 is 4.74 Å². The van der Waals surface area contributed by atoms with E-state index in [1.165, 1.54) is 0 Å². The molecule has 0 N–H and O–H groups in total. The minimum Gasteiger partial charge on any atom is -0.357 e. The minimum atomic E-state index is -0.146. The maximum absolute atomic E-state index is 11.6. The van der Waals surface area contributed by atoms with Crippen molar-refractivity contribution < 1.29 is 9.53 Å². The number of carbonyl (C=O) groups excluding carboxylic acids is 1. The molecule has 2 fully saturated rings. The lowest BCUT2D eigenvalue weighted by Gasteiger charge is -1.90. The predicted octanol–water partition coefficient (Wildman–Crippen LogP) is 2.45. The summed E-state index contributed by atoms with van der Waals surface area (Å²) in [6, 6.07) is 10.1. The molecule has 1 heterocycles. The second kappa shape index (κ2) is 3.87. The van der Waals surface area contributed by atoms with E-state index in [0.717, 1.165) is 18.4 Å². The van der Waals surface area contributed by atoms with Crippen LogP contribution in [0.5, 0.6) is 0 Å². The summed E-state index contributed by atoms with van der Waals surface area (Å²) < 4.78 is 5.37. The molecule has 1 saturated carbocycles. The van der Waals surface area contributed by atoms with E-state index in [0.29, 0.717) is 11.7 Å². The van der Waals surface area contributed by atoms with E-state index in [-0.39, 0.29) is 12.2 Å². The molecule has 2 heteroatoms. The highest BCUT2D eigenvalue weighted by atomic mass is 16.6. The highest BCUT2D eigenvalue weighted by molar-refractivity contribution is 5.90. The molecule has 16 heavy (non-hydrogen) atoms. The number of hydrogen-bond donors (Lipinski definition) is 0. The number of carbonyl (C=O) groups is 1. The molecule has 0 aromatic heterocycles. The van der Waals surface area contributed by atoms with Crippen LogP contribution in [0.1, 0.15) is 18.4 Å². The first-order valence-electron chi connectivity index (χ1n) is 5.77. The van der Waals surface area contributed by atoms with Gasteiger partial charge in [-0.15, -0.1) is 0 Å². The number of epoxide rings is 1. The van der Waals surface area contributed by atoms with E-state index >= 15 is 0 Å². The largest absolute Gasteiger partial charge is 0.357 e. The lowest BCUT2D eigenvalue weighted by molar-refractivity contribution is -0.121. The molecule has 1 aliphatic heterocycles. The smallest absolute Gasteiger partial charge is 0.167 e. The zero-order chi connectivity index (χ0) is 11.0. The molecule has 1 aliphatic carbocycles. The average molecular weight is 214 g/mol. The summed E-state index contributed by atoms with van der Waals surface area (Å²) in [6.45, 7) is 0. The first-order chi connectivity index (χ1) is 7.84. The molecule has 2 aliphatic rings. The van der Waals surface area contributed by atoms with Gasteiger partial charge in [0, 0.05) is 5.92 Å². The van der Waals surface area contributed by atoms with Crippen LogP contribution in [0.4, 0.5) is 0 Å². The zero-order valence-corrected chi connectivity index (χ0v) is 9.00. The number of Topliss-reactive ketones (excluding diaryl/α,β-unsaturated/α-hetero) is 1. The van der Waals surface area contributed by atoms with Crippen molar-refractivity contribution in [3.8, 4) is 0 Å². The van der Waals surface area contributed by atoms with Crippen molar-refractivity contribution in [3.63, 3.8) is 0 Å². The summed E-state index contributed by atoms with van der Waals surface area (Å²) in [5, 5.41) is 0. The van der Waals surface area contributed by atoms with Gasteiger partial charge in [0.15, 0.2) is 5.78 Å². The van der Waals surface area contributed by atoms with Crippen molar-refractivity contribution in [1.29, 1.82) is 0 Å². The van der Waals surface area contributed by atoms with Crippen LogP contribution < -0.4 is 0 Å². The van der Waals surface area contributed by atoms with Crippen LogP contribution in [0, 0.1) is 5.92 Å². The highest BCUT2D eigenvalue weighted by Gasteiger charge is 2.48. The van der Waals surface area contributed by atoms with E-state index in [1.807, 2.05) is 42.5 Å². The Bertz CT molecular complexity index is 418. The number of hydrogen-bond acceptors (Lipinski definition) is 2. The Labute approximate surface area is 94.9 Å². The van der Waals surface area contributed by atoms with Crippen molar-refractivity contribution >= 4 is 11.9 Å². The minimum absolute atomic E-state index is 0.0216. The SMILES string of the molecule is O=C(C1CC1)[C@@H]1O[C@H]1/C=C/c1ccccc1. The van der Waals surface area contributed by atoms with Gasteiger partial charge in [0.1, 0.15) is 12.2 Å². The van der Waals surface area contributed by atoms with Gasteiger partial charge in [-0.2, -0.15) is 0 Å². The summed E-state index contributed by atoms with van der Waals surface area (Å²) in [4.78, 5) is 11.6. The fourth-order valence-corrected chi connectivity index (χ4v) is 1.87. The summed E-state index contributed by atoms with van der Waals surface area (Å²) in [7, 11) is 0. The number of ketones is 1. The molecular weight excluding hydrogens is 200 g/mol. The van der Waals surface area contributed by atoms with Crippen molar-refractivity contribution in [2.24, 2.45) is 5.92 Å². The van der Waals surface area contributed by atoms with Gasteiger partial charge >= 0.3 is 0 Å². The van der Waals surface area contributed by atoms with Gasteiger partial charge in [0.25, 0.3) is 0 Å². The molecule has 0 amide bonds. The van der Waals surface area contributed by atoms with Crippen LogP contribution in [0.3, 0.4) is 0 Å². The lowest BCUT2D eigenvalue weighted by atomic mass is 10.1. The molecule has 0 radical (unpaired) electrons. The third-order valence-corrected chi connectivity index (χ3v) is 3.06.